The molecule has 0 aliphatic carbocycles. The second-order valence-corrected chi connectivity index (χ2v) is 6.99. The van der Waals surface area contributed by atoms with E-state index in [1.807, 2.05) is 0 Å². The summed E-state index contributed by atoms with van der Waals surface area (Å²) in [7, 11) is 0. The van der Waals surface area contributed by atoms with E-state index < -0.39 is 11.5 Å². The highest BCUT2D eigenvalue weighted by molar-refractivity contribution is 5.95. The van der Waals surface area contributed by atoms with Crippen molar-refractivity contribution in [2.24, 2.45) is 0 Å². The summed E-state index contributed by atoms with van der Waals surface area (Å²) in [5.74, 6) is 0.222. The molecule has 8 heteroatoms. The summed E-state index contributed by atoms with van der Waals surface area (Å²) in [6, 6.07) is 1.67. The van der Waals surface area contributed by atoms with Gasteiger partial charge in [0.25, 0.3) is 5.91 Å². The Morgan fingerprint density at radius 2 is 2.04 bits per heavy atom. The number of rotatable bonds is 4. The third kappa shape index (κ3) is 4.50. The summed E-state index contributed by atoms with van der Waals surface area (Å²) in [6.07, 6.45) is 1.72. The minimum Gasteiger partial charge on any atom is -0.450 e. The van der Waals surface area contributed by atoms with Gasteiger partial charge < -0.3 is 24.1 Å². The van der Waals surface area contributed by atoms with Crippen molar-refractivity contribution in [2.45, 2.75) is 45.1 Å². The molecule has 2 aliphatic heterocycles. The lowest BCUT2D eigenvalue weighted by Crippen LogP contribution is -2.47. The molecule has 1 N–H and O–H groups in total. The topological polar surface area (TPSA) is 98.1 Å². The maximum atomic E-state index is 12.6. The molecule has 3 rings (SSSR count). The maximum absolute atomic E-state index is 12.6. The predicted octanol–water partition coefficient (Wildman–Crippen LogP) is 1.80. The van der Waals surface area contributed by atoms with Crippen molar-refractivity contribution in [1.82, 2.24) is 10.2 Å². The molecule has 1 atom stereocenters. The van der Waals surface area contributed by atoms with Crippen molar-refractivity contribution in [3.8, 4) is 0 Å². The lowest BCUT2D eigenvalue weighted by Gasteiger charge is -2.31. The first-order valence-electron chi connectivity index (χ1n) is 9.44. The Morgan fingerprint density at radius 3 is 2.63 bits per heavy atom. The van der Waals surface area contributed by atoms with Gasteiger partial charge in [-0.05, 0) is 44.7 Å². The summed E-state index contributed by atoms with van der Waals surface area (Å²) in [5.41, 5.74) is 0.0402. The van der Waals surface area contributed by atoms with Gasteiger partial charge in [-0.2, -0.15) is 0 Å². The molecule has 1 aromatic heterocycles. The fourth-order valence-corrected chi connectivity index (χ4v) is 3.54. The average molecular weight is 378 g/mol. The molecule has 2 saturated heterocycles. The van der Waals surface area contributed by atoms with Gasteiger partial charge in [0, 0.05) is 31.7 Å². The molecule has 0 radical (unpaired) electrons. The molecule has 0 aromatic carbocycles. The normalized spacial score (nSPS) is 20.5. The molecular formula is C19H26N2O6. The van der Waals surface area contributed by atoms with Crippen LogP contribution in [0.2, 0.25) is 0 Å². The van der Waals surface area contributed by atoms with E-state index in [0.717, 1.165) is 6.42 Å². The van der Waals surface area contributed by atoms with E-state index in [-0.39, 0.29) is 23.6 Å². The standard InChI is InChI=1S/C19H26N2O6/c1-3-26-19(24)21-7-4-14(5-8-21)20-17(22)16-12(2)10-15(27-18(16)23)13-6-9-25-11-13/h10,13-14H,3-9,11H2,1-2H3,(H,20,22). The molecule has 0 saturated carbocycles. The molecule has 0 spiro atoms. The molecule has 1 aromatic rings. The number of carbonyl (C=O) groups is 2. The first kappa shape index (κ1) is 19.4. The third-order valence-electron chi connectivity index (χ3n) is 5.08. The van der Waals surface area contributed by atoms with Crippen LogP contribution in [-0.4, -0.2) is 55.9 Å². The van der Waals surface area contributed by atoms with Crippen molar-refractivity contribution in [3.63, 3.8) is 0 Å². The number of nitrogens with zero attached hydrogens (tertiary/aromatic N) is 1. The van der Waals surface area contributed by atoms with Gasteiger partial charge in [-0.3, -0.25) is 4.79 Å². The van der Waals surface area contributed by atoms with Gasteiger partial charge >= 0.3 is 11.7 Å². The van der Waals surface area contributed by atoms with Gasteiger partial charge in [0.2, 0.25) is 0 Å². The fraction of sp³-hybridized carbons (Fsp3) is 0.632. The SMILES string of the molecule is CCOC(=O)N1CCC(NC(=O)c2c(C)cc(C3CCOC3)oc2=O)CC1. The highest BCUT2D eigenvalue weighted by Crippen LogP contribution is 2.25. The Hall–Kier alpha value is -2.35. The van der Waals surface area contributed by atoms with Crippen LogP contribution in [0, 0.1) is 6.92 Å². The summed E-state index contributed by atoms with van der Waals surface area (Å²) in [5, 5.41) is 2.89. The highest BCUT2D eigenvalue weighted by Gasteiger charge is 2.27. The van der Waals surface area contributed by atoms with Crippen LogP contribution < -0.4 is 10.9 Å². The molecule has 2 amide bonds. The van der Waals surface area contributed by atoms with Crippen molar-refractivity contribution in [3.05, 3.63) is 33.4 Å². The minimum atomic E-state index is -0.613. The molecule has 27 heavy (non-hydrogen) atoms. The monoisotopic (exact) mass is 378 g/mol. The third-order valence-corrected chi connectivity index (χ3v) is 5.08. The second-order valence-electron chi connectivity index (χ2n) is 6.99. The van der Waals surface area contributed by atoms with Crippen LogP contribution in [0.3, 0.4) is 0 Å². The Bertz CT molecular complexity index is 745. The fourth-order valence-electron chi connectivity index (χ4n) is 3.54. The zero-order valence-corrected chi connectivity index (χ0v) is 15.8. The Kier molecular flexibility index (Phi) is 6.15. The van der Waals surface area contributed by atoms with Gasteiger partial charge in [0.1, 0.15) is 11.3 Å². The molecular weight excluding hydrogens is 352 g/mol. The summed E-state index contributed by atoms with van der Waals surface area (Å²) in [6.45, 7) is 6.06. The number of nitrogens with one attached hydrogen (secondary N) is 1. The zero-order chi connectivity index (χ0) is 19.4. The zero-order valence-electron chi connectivity index (χ0n) is 15.8. The molecule has 8 nitrogen and oxygen atoms in total. The van der Waals surface area contributed by atoms with Crippen molar-refractivity contribution >= 4 is 12.0 Å². The van der Waals surface area contributed by atoms with Crippen LogP contribution >= 0.6 is 0 Å². The number of carbonyl (C=O) groups excluding carboxylic acids is 2. The van der Waals surface area contributed by atoms with E-state index >= 15 is 0 Å². The van der Waals surface area contributed by atoms with E-state index in [9.17, 15) is 14.4 Å². The summed E-state index contributed by atoms with van der Waals surface area (Å²) >= 11 is 0. The molecule has 1 unspecified atom stereocenters. The van der Waals surface area contributed by atoms with Gasteiger partial charge in [0.05, 0.1) is 13.2 Å². The molecule has 2 aliphatic rings. The van der Waals surface area contributed by atoms with Crippen LogP contribution in [0.15, 0.2) is 15.3 Å². The molecule has 2 fully saturated rings. The van der Waals surface area contributed by atoms with Crippen LogP contribution in [-0.2, 0) is 9.47 Å². The van der Waals surface area contributed by atoms with E-state index in [2.05, 4.69) is 5.32 Å². The minimum absolute atomic E-state index is 0.0467. The summed E-state index contributed by atoms with van der Waals surface area (Å²) in [4.78, 5) is 38.3. The van der Waals surface area contributed by atoms with Crippen molar-refractivity contribution in [1.29, 1.82) is 0 Å². The van der Waals surface area contributed by atoms with Crippen LogP contribution in [0.1, 0.15) is 53.8 Å². The summed E-state index contributed by atoms with van der Waals surface area (Å²) < 4.78 is 15.7. The first-order chi connectivity index (χ1) is 13.0. The van der Waals surface area contributed by atoms with Gasteiger partial charge in [-0.1, -0.05) is 0 Å². The van der Waals surface area contributed by atoms with E-state index in [1.54, 1.807) is 24.8 Å². The Labute approximate surface area is 157 Å². The number of hydrogen-bond donors (Lipinski definition) is 1. The average Bonchev–Trinajstić information content (AvgIpc) is 3.16. The number of piperidine rings is 1. The van der Waals surface area contributed by atoms with E-state index in [0.29, 0.717) is 57.1 Å². The number of ether oxygens (including phenoxy) is 2. The highest BCUT2D eigenvalue weighted by atomic mass is 16.6. The maximum Gasteiger partial charge on any atom is 0.409 e. The molecule has 0 bridgehead atoms. The largest absolute Gasteiger partial charge is 0.450 e. The lowest BCUT2D eigenvalue weighted by atomic mass is 10.0. The number of aryl methyl sites for hydroxylation is 1. The number of amides is 2. The predicted molar refractivity (Wildman–Crippen MR) is 97.0 cm³/mol. The second kappa shape index (κ2) is 8.56. The van der Waals surface area contributed by atoms with Crippen LogP contribution in [0.5, 0.6) is 0 Å². The van der Waals surface area contributed by atoms with Gasteiger partial charge in [-0.15, -0.1) is 0 Å². The van der Waals surface area contributed by atoms with E-state index in [4.69, 9.17) is 13.9 Å². The van der Waals surface area contributed by atoms with Crippen molar-refractivity contribution < 1.29 is 23.5 Å². The van der Waals surface area contributed by atoms with Gasteiger partial charge in [-0.25, -0.2) is 9.59 Å². The molecule has 3 heterocycles. The Balaban J connectivity index is 1.62. The van der Waals surface area contributed by atoms with E-state index in [1.165, 1.54) is 0 Å². The van der Waals surface area contributed by atoms with Crippen molar-refractivity contribution in [2.75, 3.05) is 32.9 Å². The number of hydrogen-bond acceptors (Lipinski definition) is 6. The Morgan fingerprint density at radius 1 is 1.30 bits per heavy atom. The smallest absolute Gasteiger partial charge is 0.409 e. The quantitative estimate of drug-likeness (QED) is 0.858. The van der Waals surface area contributed by atoms with Crippen LogP contribution in [0.25, 0.3) is 0 Å². The molecule has 148 valence electrons. The first-order valence-corrected chi connectivity index (χ1v) is 9.44. The van der Waals surface area contributed by atoms with Gasteiger partial charge in [0.15, 0.2) is 0 Å². The number of likely N-dealkylation sites (tertiary alicyclic amines) is 1. The van der Waals surface area contributed by atoms with Crippen LogP contribution in [0.4, 0.5) is 4.79 Å². The lowest BCUT2D eigenvalue weighted by molar-refractivity contribution is 0.0857.